The number of para-hydroxylation sites is 1. The zero-order chi connectivity index (χ0) is 12.7. The predicted octanol–water partition coefficient (Wildman–Crippen LogP) is 3.01. The number of hydrogen-bond acceptors (Lipinski definition) is 4. The Hall–Kier alpha value is -1.91. The Morgan fingerprint density at radius 2 is 1.68 bits per heavy atom. The van der Waals surface area contributed by atoms with Gasteiger partial charge in [-0.15, -0.1) is 0 Å². The molecule has 0 aromatic heterocycles. The van der Waals surface area contributed by atoms with E-state index in [9.17, 15) is 0 Å². The van der Waals surface area contributed by atoms with E-state index < -0.39 is 0 Å². The monoisotopic (exact) mass is 267 g/mol. The van der Waals surface area contributed by atoms with E-state index in [1.165, 1.54) is 16.1 Å². The van der Waals surface area contributed by atoms with Crippen molar-refractivity contribution < 1.29 is 0 Å². The minimum Gasteiger partial charge on any atom is -0.353 e. The van der Waals surface area contributed by atoms with Crippen LogP contribution >= 0.6 is 11.8 Å². The molecule has 4 heteroatoms. The van der Waals surface area contributed by atoms with E-state index >= 15 is 0 Å². The van der Waals surface area contributed by atoms with Crippen LogP contribution in [-0.4, -0.2) is 4.99 Å². The van der Waals surface area contributed by atoms with Crippen molar-refractivity contribution in [2.75, 3.05) is 5.32 Å². The van der Waals surface area contributed by atoms with Crippen LogP contribution < -0.4 is 16.2 Å². The molecule has 2 heterocycles. The fourth-order valence-corrected chi connectivity index (χ4v) is 3.55. The normalized spacial score (nSPS) is 23.7. The van der Waals surface area contributed by atoms with Gasteiger partial charge < -0.3 is 10.7 Å². The molecule has 0 fully saturated rings. The van der Waals surface area contributed by atoms with Crippen molar-refractivity contribution in [2.45, 2.75) is 9.89 Å². The molecular formula is C15H13N3S. The Labute approximate surface area is 116 Å². The Morgan fingerprint density at radius 1 is 0.895 bits per heavy atom. The number of hydrazine groups is 1. The van der Waals surface area contributed by atoms with Crippen LogP contribution in [0.3, 0.4) is 0 Å². The molecule has 3 nitrogen and oxygen atoms in total. The van der Waals surface area contributed by atoms with Crippen LogP contribution in [0.15, 0.2) is 65.6 Å². The third-order valence-electron chi connectivity index (χ3n) is 3.29. The molecular weight excluding hydrogens is 254 g/mol. The number of anilines is 1. The van der Waals surface area contributed by atoms with Crippen LogP contribution in [-0.2, 0) is 0 Å². The lowest BCUT2D eigenvalue weighted by atomic mass is 10.1. The average molecular weight is 267 g/mol. The Balaban J connectivity index is 1.68. The van der Waals surface area contributed by atoms with Gasteiger partial charge in [0.05, 0.1) is 11.4 Å². The van der Waals surface area contributed by atoms with Gasteiger partial charge in [0.15, 0.2) is 4.99 Å². The summed E-state index contributed by atoms with van der Waals surface area (Å²) in [5.74, 6) is 0. The molecule has 0 radical (unpaired) electrons. The molecule has 0 saturated carbocycles. The molecule has 4 rings (SSSR count). The van der Waals surface area contributed by atoms with E-state index in [0.717, 1.165) is 5.70 Å². The van der Waals surface area contributed by atoms with Crippen LogP contribution in [0.25, 0.3) is 5.70 Å². The van der Waals surface area contributed by atoms with Gasteiger partial charge in [0.25, 0.3) is 0 Å². The van der Waals surface area contributed by atoms with E-state index in [0.29, 0.717) is 0 Å². The predicted molar refractivity (Wildman–Crippen MR) is 79.3 cm³/mol. The lowest BCUT2D eigenvalue weighted by Gasteiger charge is -2.20. The first-order valence-corrected chi connectivity index (χ1v) is 7.04. The first-order chi connectivity index (χ1) is 9.35. The highest BCUT2D eigenvalue weighted by molar-refractivity contribution is 8.01. The molecule has 0 amide bonds. The highest BCUT2D eigenvalue weighted by atomic mass is 32.2. The van der Waals surface area contributed by atoms with Gasteiger partial charge in [-0.3, -0.25) is 0 Å². The van der Waals surface area contributed by atoms with Gasteiger partial charge in [0.2, 0.25) is 0 Å². The smallest absolute Gasteiger partial charge is 0.180 e. The molecule has 2 aliphatic heterocycles. The maximum Gasteiger partial charge on any atom is 0.180 e. The quantitative estimate of drug-likeness (QED) is 0.742. The first-order valence-electron chi connectivity index (χ1n) is 6.22. The average Bonchev–Trinajstić information content (AvgIpc) is 3.03. The summed E-state index contributed by atoms with van der Waals surface area (Å²) in [4.78, 5) is 0.983. The van der Waals surface area contributed by atoms with Crippen LogP contribution in [0.2, 0.25) is 0 Å². The summed E-state index contributed by atoms with van der Waals surface area (Å²) in [6, 6.07) is 18.7. The van der Waals surface area contributed by atoms with Crippen molar-refractivity contribution in [1.29, 1.82) is 0 Å². The van der Waals surface area contributed by atoms with E-state index in [4.69, 9.17) is 0 Å². The Kier molecular flexibility index (Phi) is 2.33. The van der Waals surface area contributed by atoms with E-state index in [-0.39, 0.29) is 4.99 Å². The summed E-state index contributed by atoms with van der Waals surface area (Å²) in [6.07, 6.45) is 2.20. The second kappa shape index (κ2) is 4.05. The number of benzene rings is 2. The lowest BCUT2D eigenvalue weighted by Crippen LogP contribution is -2.45. The third kappa shape index (κ3) is 1.80. The van der Waals surface area contributed by atoms with Crippen molar-refractivity contribution in [2.24, 2.45) is 0 Å². The van der Waals surface area contributed by atoms with Crippen LogP contribution in [0.1, 0.15) is 5.56 Å². The number of thioether (sulfide) groups is 1. The maximum absolute atomic E-state index is 3.52. The van der Waals surface area contributed by atoms with E-state index in [2.05, 4.69) is 58.6 Å². The number of nitrogens with one attached hydrogen (secondary N) is 3. The van der Waals surface area contributed by atoms with Gasteiger partial charge >= 0.3 is 0 Å². The molecule has 0 unspecified atom stereocenters. The number of fused-ring (bicyclic) bond motifs is 1. The molecule has 1 spiro atoms. The highest BCUT2D eigenvalue weighted by Crippen LogP contribution is 2.46. The van der Waals surface area contributed by atoms with E-state index in [1.807, 2.05) is 18.2 Å². The van der Waals surface area contributed by atoms with Crippen LogP contribution in [0.4, 0.5) is 5.69 Å². The molecule has 2 aromatic rings. The first kappa shape index (κ1) is 11.0. The van der Waals surface area contributed by atoms with Crippen molar-refractivity contribution in [3.05, 3.63) is 66.2 Å². The topological polar surface area (TPSA) is 36.1 Å². The van der Waals surface area contributed by atoms with Crippen molar-refractivity contribution in [1.82, 2.24) is 10.9 Å². The molecule has 0 bridgehead atoms. The number of hydrogen-bond donors (Lipinski definition) is 3. The molecule has 94 valence electrons. The summed E-state index contributed by atoms with van der Waals surface area (Å²) < 4.78 is 0. The maximum atomic E-state index is 3.52. The molecule has 3 N–H and O–H groups in total. The van der Waals surface area contributed by atoms with Crippen molar-refractivity contribution in [3.63, 3.8) is 0 Å². The SMILES string of the molecule is C1=C(c2ccccc2)NN[C@@]12Nc1ccccc1S2. The van der Waals surface area contributed by atoms with Gasteiger partial charge in [-0.05, 0) is 23.8 Å². The summed E-state index contributed by atoms with van der Waals surface area (Å²) in [6.45, 7) is 0. The Morgan fingerprint density at radius 3 is 2.53 bits per heavy atom. The standard InChI is InChI=1S/C15H13N3S/c1-2-6-11(7-3-1)13-10-15(18-17-13)16-12-8-4-5-9-14(12)19-15/h1-10,16-18H/t15-/m0/s1. The molecule has 0 aliphatic carbocycles. The third-order valence-corrected chi connectivity index (χ3v) is 4.51. The zero-order valence-corrected chi connectivity index (χ0v) is 11.0. The lowest BCUT2D eigenvalue weighted by molar-refractivity contribution is 0.602. The van der Waals surface area contributed by atoms with Gasteiger partial charge in [-0.2, -0.15) is 5.43 Å². The molecule has 2 aliphatic rings. The van der Waals surface area contributed by atoms with Gasteiger partial charge in [-0.25, -0.2) is 0 Å². The van der Waals surface area contributed by atoms with Crippen LogP contribution in [0, 0.1) is 0 Å². The van der Waals surface area contributed by atoms with Crippen molar-refractivity contribution >= 4 is 23.1 Å². The number of rotatable bonds is 1. The van der Waals surface area contributed by atoms with Crippen LogP contribution in [0.5, 0.6) is 0 Å². The minimum atomic E-state index is -0.283. The van der Waals surface area contributed by atoms with Crippen molar-refractivity contribution in [3.8, 4) is 0 Å². The summed E-state index contributed by atoms with van der Waals surface area (Å²) in [5.41, 5.74) is 10.1. The fourth-order valence-electron chi connectivity index (χ4n) is 2.39. The summed E-state index contributed by atoms with van der Waals surface area (Å²) in [7, 11) is 0. The molecule has 1 atom stereocenters. The highest BCUT2D eigenvalue weighted by Gasteiger charge is 2.39. The molecule has 2 aromatic carbocycles. The molecule has 19 heavy (non-hydrogen) atoms. The second-order valence-corrected chi connectivity index (χ2v) is 5.92. The molecule has 0 saturated heterocycles. The summed E-state index contributed by atoms with van der Waals surface area (Å²) in [5, 5.41) is 3.52. The zero-order valence-electron chi connectivity index (χ0n) is 10.2. The van der Waals surface area contributed by atoms with Gasteiger partial charge in [0, 0.05) is 4.90 Å². The van der Waals surface area contributed by atoms with Gasteiger partial charge in [0.1, 0.15) is 0 Å². The van der Waals surface area contributed by atoms with Gasteiger partial charge in [-0.1, -0.05) is 54.2 Å². The Bertz CT molecular complexity index is 626. The minimum absolute atomic E-state index is 0.283. The largest absolute Gasteiger partial charge is 0.353 e. The summed E-state index contributed by atoms with van der Waals surface area (Å²) >= 11 is 1.78. The second-order valence-electron chi connectivity index (χ2n) is 4.63. The van der Waals surface area contributed by atoms with E-state index in [1.54, 1.807) is 11.8 Å². The fraction of sp³-hybridized carbons (Fsp3) is 0.0667.